The van der Waals surface area contributed by atoms with E-state index in [4.69, 9.17) is 9.47 Å². The average Bonchev–Trinajstić information content (AvgIpc) is 3.29. The van der Waals surface area contributed by atoms with Crippen LogP contribution < -0.4 is 9.04 Å². The molecule has 7 nitrogen and oxygen atoms in total. The molecule has 0 bridgehead atoms. The summed E-state index contributed by atoms with van der Waals surface area (Å²) in [5.41, 5.74) is 0.731. The summed E-state index contributed by atoms with van der Waals surface area (Å²) in [7, 11) is -1.46. The Kier molecular flexibility index (Phi) is 6.53. The third kappa shape index (κ3) is 4.22. The van der Waals surface area contributed by atoms with Crippen LogP contribution in [-0.2, 0) is 21.3 Å². The number of carbonyl (C=O) groups is 2. The average molecular weight is 446 g/mol. The third-order valence-corrected chi connectivity index (χ3v) is 6.89. The molecular formula is C21H19NO6S2. The lowest BCUT2D eigenvalue weighted by Gasteiger charge is -2.27. The lowest BCUT2D eigenvalue weighted by molar-refractivity contribution is 0.0601. The molecule has 0 amide bonds. The van der Waals surface area contributed by atoms with Gasteiger partial charge in [0.2, 0.25) is 0 Å². The fourth-order valence-corrected chi connectivity index (χ4v) is 5.07. The van der Waals surface area contributed by atoms with Gasteiger partial charge in [-0.25, -0.2) is 13.2 Å². The first kappa shape index (κ1) is 21.5. The SMILES string of the molecule is COC(=O)c1cccc(C=O)c1N(Cc1ccsc1)S(=O)(=O)c1ccc(OC)cc1. The maximum absolute atomic E-state index is 13.6. The summed E-state index contributed by atoms with van der Waals surface area (Å²) in [6.45, 7) is -0.0628. The normalized spacial score (nSPS) is 11.0. The Balaban J connectivity index is 2.24. The fraction of sp³-hybridized carbons (Fsp3) is 0.143. The Hall–Kier alpha value is -3.17. The van der Waals surface area contributed by atoms with Crippen LogP contribution in [0.3, 0.4) is 0 Å². The van der Waals surface area contributed by atoms with E-state index in [0.717, 1.165) is 4.31 Å². The summed E-state index contributed by atoms with van der Waals surface area (Å²) in [5.74, 6) is -0.240. The van der Waals surface area contributed by atoms with Crippen molar-refractivity contribution in [2.75, 3.05) is 18.5 Å². The van der Waals surface area contributed by atoms with Crippen LogP contribution in [0.2, 0.25) is 0 Å². The van der Waals surface area contributed by atoms with E-state index in [1.54, 1.807) is 11.4 Å². The molecule has 2 aromatic carbocycles. The maximum atomic E-state index is 13.6. The van der Waals surface area contributed by atoms with Crippen molar-refractivity contribution in [2.24, 2.45) is 0 Å². The van der Waals surface area contributed by atoms with Gasteiger partial charge in [0.15, 0.2) is 6.29 Å². The molecule has 0 N–H and O–H groups in total. The molecule has 3 aromatic rings. The number of hydrogen-bond acceptors (Lipinski definition) is 7. The summed E-state index contributed by atoms with van der Waals surface area (Å²) < 4.78 is 38.2. The molecule has 1 heterocycles. The van der Waals surface area contributed by atoms with Crippen LogP contribution in [0.25, 0.3) is 0 Å². The molecule has 0 aliphatic rings. The van der Waals surface area contributed by atoms with Gasteiger partial charge in [-0.1, -0.05) is 6.07 Å². The molecule has 0 saturated carbocycles. The zero-order valence-electron chi connectivity index (χ0n) is 16.3. The van der Waals surface area contributed by atoms with Gasteiger partial charge >= 0.3 is 5.97 Å². The Labute approximate surface area is 178 Å². The van der Waals surface area contributed by atoms with E-state index in [2.05, 4.69) is 0 Å². The fourth-order valence-electron chi connectivity index (χ4n) is 2.92. The van der Waals surface area contributed by atoms with E-state index >= 15 is 0 Å². The smallest absolute Gasteiger partial charge is 0.340 e. The first-order valence-electron chi connectivity index (χ1n) is 8.76. The number of sulfonamides is 1. The molecule has 0 unspecified atom stereocenters. The highest BCUT2D eigenvalue weighted by atomic mass is 32.2. The molecule has 0 saturated heterocycles. The monoisotopic (exact) mass is 445 g/mol. The molecule has 156 valence electrons. The van der Waals surface area contributed by atoms with Crippen molar-refractivity contribution in [1.82, 2.24) is 0 Å². The second kappa shape index (κ2) is 9.10. The number of methoxy groups -OCH3 is 2. The second-order valence-corrected chi connectivity index (χ2v) is 8.81. The third-order valence-electron chi connectivity index (χ3n) is 4.40. The van der Waals surface area contributed by atoms with Crippen LogP contribution in [0.1, 0.15) is 26.3 Å². The van der Waals surface area contributed by atoms with Crippen molar-refractivity contribution in [1.29, 1.82) is 0 Å². The maximum Gasteiger partial charge on any atom is 0.340 e. The molecule has 0 radical (unpaired) electrons. The van der Waals surface area contributed by atoms with Crippen LogP contribution in [0.5, 0.6) is 5.75 Å². The Bertz CT molecular complexity index is 1140. The lowest BCUT2D eigenvalue weighted by atomic mass is 10.1. The number of nitrogens with zero attached hydrogens (tertiary/aromatic N) is 1. The number of esters is 1. The van der Waals surface area contributed by atoms with E-state index in [-0.39, 0.29) is 28.3 Å². The summed E-state index contributed by atoms with van der Waals surface area (Å²) in [6.07, 6.45) is 0.520. The van der Waals surface area contributed by atoms with Crippen LogP contribution >= 0.6 is 11.3 Å². The van der Waals surface area contributed by atoms with E-state index in [1.807, 2.05) is 5.38 Å². The standard InChI is InChI=1S/C21H19NO6S2/c1-27-17-6-8-18(9-7-17)30(25,26)22(12-15-10-11-29-14-15)20-16(13-23)4-3-5-19(20)21(24)28-2/h3-11,13-14H,12H2,1-2H3. The van der Waals surface area contributed by atoms with Crippen LogP contribution in [0, 0.1) is 0 Å². The second-order valence-electron chi connectivity index (χ2n) is 6.17. The lowest BCUT2D eigenvalue weighted by Crippen LogP contribution is -2.33. The number of carbonyl (C=O) groups excluding carboxylic acids is 2. The zero-order chi connectivity index (χ0) is 21.7. The van der Waals surface area contributed by atoms with Crippen molar-refractivity contribution < 1.29 is 27.5 Å². The van der Waals surface area contributed by atoms with Crippen molar-refractivity contribution in [2.45, 2.75) is 11.4 Å². The van der Waals surface area contributed by atoms with Gasteiger partial charge in [0.05, 0.1) is 36.9 Å². The quantitative estimate of drug-likeness (QED) is 0.387. The van der Waals surface area contributed by atoms with Crippen molar-refractivity contribution in [3.05, 3.63) is 76.0 Å². The van der Waals surface area contributed by atoms with Gasteiger partial charge in [-0.05, 0) is 58.8 Å². The molecule has 9 heteroatoms. The minimum absolute atomic E-state index is 0.00459. The highest BCUT2D eigenvalue weighted by Gasteiger charge is 2.31. The van der Waals surface area contributed by atoms with Gasteiger partial charge in [0.25, 0.3) is 10.0 Å². The topological polar surface area (TPSA) is 90.0 Å². The molecule has 0 aliphatic heterocycles. The summed E-state index contributed by atoms with van der Waals surface area (Å²) in [5, 5.41) is 3.62. The Morgan fingerprint density at radius 1 is 1.10 bits per heavy atom. The molecule has 1 aromatic heterocycles. The zero-order valence-corrected chi connectivity index (χ0v) is 17.9. The first-order chi connectivity index (χ1) is 14.4. The number of aldehydes is 1. The number of hydrogen-bond donors (Lipinski definition) is 0. The van der Waals surface area contributed by atoms with Crippen molar-refractivity contribution in [3.8, 4) is 5.75 Å². The van der Waals surface area contributed by atoms with E-state index in [0.29, 0.717) is 17.6 Å². The molecule has 30 heavy (non-hydrogen) atoms. The first-order valence-corrected chi connectivity index (χ1v) is 11.1. The highest BCUT2D eigenvalue weighted by Crippen LogP contribution is 2.33. The summed E-state index contributed by atoms with van der Waals surface area (Å²) in [6, 6.07) is 12.1. The molecule has 0 fully saturated rings. The largest absolute Gasteiger partial charge is 0.497 e. The van der Waals surface area contributed by atoms with Crippen LogP contribution in [0.15, 0.2) is 64.2 Å². The number of benzene rings is 2. The van der Waals surface area contributed by atoms with E-state index in [1.165, 1.54) is 68.0 Å². The Morgan fingerprint density at radius 3 is 2.40 bits per heavy atom. The number of anilines is 1. The van der Waals surface area contributed by atoms with E-state index in [9.17, 15) is 18.0 Å². The molecule has 0 aliphatic carbocycles. The van der Waals surface area contributed by atoms with Gasteiger partial charge in [-0.2, -0.15) is 11.3 Å². The van der Waals surface area contributed by atoms with Gasteiger partial charge in [-0.3, -0.25) is 9.10 Å². The van der Waals surface area contributed by atoms with Crippen molar-refractivity contribution >= 4 is 39.3 Å². The minimum Gasteiger partial charge on any atom is -0.497 e. The minimum atomic E-state index is -4.14. The molecule has 3 rings (SSSR count). The van der Waals surface area contributed by atoms with Gasteiger partial charge in [0, 0.05) is 5.56 Å². The predicted molar refractivity (Wildman–Crippen MR) is 114 cm³/mol. The summed E-state index contributed by atoms with van der Waals surface area (Å²) in [4.78, 5) is 24.1. The number of para-hydroxylation sites is 1. The van der Waals surface area contributed by atoms with Gasteiger partial charge < -0.3 is 9.47 Å². The van der Waals surface area contributed by atoms with Crippen LogP contribution in [0.4, 0.5) is 5.69 Å². The summed E-state index contributed by atoms with van der Waals surface area (Å²) >= 11 is 1.41. The highest BCUT2D eigenvalue weighted by molar-refractivity contribution is 7.92. The van der Waals surface area contributed by atoms with Crippen LogP contribution in [-0.4, -0.2) is 34.9 Å². The number of thiophene rings is 1. The number of ether oxygens (including phenoxy) is 2. The number of rotatable bonds is 8. The van der Waals surface area contributed by atoms with Crippen molar-refractivity contribution in [3.63, 3.8) is 0 Å². The van der Waals surface area contributed by atoms with Gasteiger partial charge in [0.1, 0.15) is 5.75 Å². The molecule has 0 spiro atoms. The molecular weight excluding hydrogens is 426 g/mol. The Morgan fingerprint density at radius 2 is 1.83 bits per heavy atom. The van der Waals surface area contributed by atoms with Gasteiger partial charge in [-0.15, -0.1) is 0 Å². The molecule has 0 atom stereocenters. The predicted octanol–water partition coefficient (Wildman–Crippen LogP) is 3.75. The van der Waals surface area contributed by atoms with E-state index < -0.39 is 16.0 Å².